The lowest BCUT2D eigenvalue weighted by Crippen LogP contribution is -2.25. The van der Waals surface area contributed by atoms with Crippen LogP contribution in [0, 0.1) is 0 Å². The number of hydrogen-bond acceptors (Lipinski definition) is 4. The second kappa shape index (κ2) is 4.11. The van der Waals surface area contributed by atoms with Crippen LogP contribution in [0.25, 0.3) is 0 Å². The van der Waals surface area contributed by atoms with E-state index in [1.165, 1.54) is 0 Å². The lowest BCUT2D eigenvalue weighted by Gasteiger charge is -2.18. The number of hydrogen-bond donors (Lipinski definition) is 1. The Morgan fingerprint density at radius 2 is 1.94 bits per heavy atom. The number of ether oxygens (including phenoxy) is 3. The van der Waals surface area contributed by atoms with E-state index in [4.69, 9.17) is 14.2 Å². The summed E-state index contributed by atoms with van der Waals surface area (Å²) < 4.78 is 16.5. The van der Waals surface area contributed by atoms with Crippen LogP contribution in [0.4, 0.5) is 0 Å². The van der Waals surface area contributed by atoms with Crippen molar-refractivity contribution in [3.8, 4) is 17.2 Å². The van der Waals surface area contributed by atoms with Crippen LogP contribution in [0.1, 0.15) is 25.0 Å². The lowest BCUT2D eigenvalue weighted by atomic mass is 9.99. The normalized spacial score (nSPS) is 16.3. The summed E-state index contributed by atoms with van der Waals surface area (Å²) in [5.74, 6) is 2.05. The van der Waals surface area contributed by atoms with Crippen LogP contribution >= 0.6 is 0 Å². The number of aliphatic hydroxyl groups excluding tert-OH is 1. The summed E-state index contributed by atoms with van der Waals surface area (Å²) in [5.41, 5.74) is 1.42. The summed E-state index contributed by atoms with van der Waals surface area (Å²) in [7, 11) is 3.19. The number of methoxy groups -OCH3 is 2. The first-order valence-corrected chi connectivity index (χ1v) is 5.59. The van der Waals surface area contributed by atoms with Gasteiger partial charge in [0.2, 0.25) is 0 Å². The number of rotatable bonds is 3. The van der Waals surface area contributed by atoms with Crippen LogP contribution in [0.5, 0.6) is 17.2 Å². The third-order valence-electron chi connectivity index (χ3n) is 2.98. The number of benzene rings is 1. The van der Waals surface area contributed by atoms with Gasteiger partial charge in [0.05, 0.1) is 26.4 Å². The molecule has 0 saturated carbocycles. The Balaban J connectivity index is 2.61. The molecule has 0 unspecified atom stereocenters. The van der Waals surface area contributed by atoms with E-state index in [9.17, 15) is 5.11 Å². The molecular formula is C13H18O4. The van der Waals surface area contributed by atoms with E-state index in [2.05, 4.69) is 0 Å². The van der Waals surface area contributed by atoms with Gasteiger partial charge in [-0.3, -0.25) is 0 Å². The molecule has 0 bridgehead atoms. The molecule has 1 heterocycles. The molecule has 4 nitrogen and oxygen atoms in total. The minimum Gasteiger partial charge on any atom is -0.496 e. The first kappa shape index (κ1) is 12.0. The van der Waals surface area contributed by atoms with E-state index in [0.717, 1.165) is 17.7 Å². The van der Waals surface area contributed by atoms with Gasteiger partial charge < -0.3 is 19.3 Å². The van der Waals surface area contributed by atoms with Gasteiger partial charge in [0.25, 0.3) is 0 Å². The van der Waals surface area contributed by atoms with Crippen LogP contribution < -0.4 is 14.2 Å². The predicted octanol–water partition coefficient (Wildman–Crippen LogP) is 1.91. The second-order valence-corrected chi connectivity index (χ2v) is 4.76. The Kier molecular flexibility index (Phi) is 2.91. The highest BCUT2D eigenvalue weighted by molar-refractivity contribution is 5.59. The molecule has 0 aliphatic carbocycles. The third kappa shape index (κ3) is 1.93. The molecular weight excluding hydrogens is 220 g/mol. The Bertz CT molecular complexity index is 438. The smallest absolute Gasteiger partial charge is 0.136 e. The Morgan fingerprint density at radius 1 is 1.29 bits per heavy atom. The molecule has 1 aromatic carbocycles. The van der Waals surface area contributed by atoms with Gasteiger partial charge in [0.1, 0.15) is 22.8 Å². The van der Waals surface area contributed by atoms with Gasteiger partial charge in [-0.25, -0.2) is 0 Å². The molecule has 0 radical (unpaired) electrons. The fourth-order valence-corrected chi connectivity index (χ4v) is 2.24. The van der Waals surface area contributed by atoms with Gasteiger partial charge in [0.15, 0.2) is 0 Å². The Morgan fingerprint density at radius 3 is 2.47 bits per heavy atom. The molecule has 1 aliphatic heterocycles. The van der Waals surface area contributed by atoms with E-state index in [1.54, 1.807) is 20.3 Å². The summed E-state index contributed by atoms with van der Waals surface area (Å²) >= 11 is 0. The topological polar surface area (TPSA) is 47.9 Å². The van der Waals surface area contributed by atoms with Crippen LogP contribution in [0.3, 0.4) is 0 Å². The molecule has 1 aliphatic rings. The van der Waals surface area contributed by atoms with E-state index in [0.29, 0.717) is 17.1 Å². The maximum Gasteiger partial charge on any atom is 0.136 e. The molecule has 0 spiro atoms. The minimum atomic E-state index is -0.272. The largest absolute Gasteiger partial charge is 0.496 e. The van der Waals surface area contributed by atoms with Crippen LogP contribution in [-0.2, 0) is 13.0 Å². The maximum atomic E-state index is 9.45. The van der Waals surface area contributed by atoms with E-state index < -0.39 is 0 Å². The van der Waals surface area contributed by atoms with Crippen LogP contribution in [0.2, 0.25) is 0 Å². The first-order chi connectivity index (χ1) is 8.02. The van der Waals surface area contributed by atoms with Crippen molar-refractivity contribution in [1.82, 2.24) is 0 Å². The fourth-order valence-electron chi connectivity index (χ4n) is 2.24. The van der Waals surface area contributed by atoms with E-state index in [-0.39, 0.29) is 12.2 Å². The van der Waals surface area contributed by atoms with Gasteiger partial charge in [-0.05, 0) is 13.8 Å². The average molecular weight is 238 g/mol. The summed E-state index contributed by atoms with van der Waals surface area (Å²) in [6.07, 6.45) is 0.766. The van der Waals surface area contributed by atoms with Gasteiger partial charge >= 0.3 is 0 Å². The highest BCUT2D eigenvalue weighted by Crippen LogP contribution is 2.46. The Labute approximate surface area is 101 Å². The van der Waals surface area contributed by atoms with Gasteiger partial charge in [-0.2, -0.15) is 0 Å². The van der Waals surface area contributed by atoms with Crippen molar-refractivity contribution in [2.75, 3.05) is 14.2 Å². The summed E-state index contributed by atoms with van der Waals surface area (Å²) in [4.78, 5) is 0. The summed E-state index contributed by atoms with van der Waals surface area (Å²) in [6, 6.07) is 1.80. The molecule has 1 N–H and O–H groups in total. The quantitative estimate of drug-likeness (QED) is 0.873. The first-order valence-electron chi connectivity index (χ1n) is 5.59. The molecule has 0 atom stereocenters. The number of fused-ring (bicyclic) bond motifs is 1. The zero-order valence-corrected chi connectivity index (χ0v) is 10.7. The average Bonchev–Trinajstić information content (AvgIpc) is 2.61. The highest BCUT2D eigenvalue weighted by Gasteiger charge is 2.35. The minimum absolute atomic E-state index is 0.106. The number of aliphatic hydroxyl groups is 1. The molecule has 17 heavy (non-hydrogen) atoms. The fraction of sp³-hybridized carbons (Fsp3) is 0.538. The SMILES string of the molecule is COc1cc(OC)c2c(c1CO)OC(C)(C)C2. The van der Waals surface area contributed by atoms with Crippen molar-refractivity contribution < 1.29 is 19.3 Å². The van der Waals surface area contributed by atoms with Gasteiger partial charge in [-0.1, -0.05) is 0 Å². The Hall–Kier alpha value is -1.42. The molecule has 1 aromatic rings. The van der Waals surface area contributed by atoms with Crippen molar-refractivity contribution in [2.45, 2.75) is 32.5 Å². The summed E-state index contributed by atoms with van der Waals surface area (Å²) in [5, 5.41) is 9.45. The molecule has 0 aromatic heterocycles. The van der Waals surface area contributed by atoms with E-state index in [1.807, 2.05) is 13.8 Å². The van der Waals surface area contributed by atoms with Gasteiger partial charge in [-0.15, -0.1) is 0 Å². The standard InChI is InChI=1S/C13H18O4/c1-13(2)6-8-10(15-3)5-11(16-4)9(7-14)12(8)17-13/h5,14H,6-7H2,1-4H3. The predicted molar refractivity (Wildman–Crippen MR) is 63.9 cm³/mol. The second-order valence-electron chi connectivity index (χ2n) is 4.76. The molecule has 94 valence electrons. The van der Waals surface area contributed by atoms with Crippen molar-refractivity contribution in [3.63, 3.8) is 0 Å². The monoisotopic (exact) mass is 238 g/mol. The third-order valence-corrected chi connectivity index (χ3v) is 2.98. The van der Waals surface area contributed by atoms with Crippen LogP contribution in [0.15, 0.2) is 6.07 Å². The maximum absolute atomic E-state index is 9.45. The van der Waals surface area contributed by atoms with Gasteiger partial charge in [0, 0.05) is 18.1 Å². The zero-order chi connectivity index (χ0) is 12.6. The highest BCUT2D eigenvalue weighted by atomic mass is 16.5. The molecule has 2 rings (SSSR count). The van der Waals surface area contributed by atoms with E-state index >= 15 is 0 Å². The molecule has 0 amide bonds. The molecule has 4 heteroatoms. The molecule has 0 fully saturated rings. The lowest BCUT2D eigenvalue weighted by molar-refractivity contribution is 0.134. The van der Waals surface area contributed by atoms with Crippen molar-refractivity contribution in [2.24, 2.45) is 0 Å². The van der Waals surface area contributed by atoms with Crippen molar-refractivity contribution in [3.05, 3.63) is 17.2 Å². The van der Waals surface area contributed by atoms with Crippen molar-refractivity contribution in [1.29, 1.82) is 0 Å². The van der Waals surface area contributed by atoms with Crippen molar-refractivity contribution >= 4 is 0 Å². The molecule has 0 saturated heterocycles. The zero-order valence-electron chi connectivity index (χ0n) is 10.7. The summed E-state index contributed by atoms with van der Waals surface area (Å²) in [6.45, 7) is 3.92. The van der Waals surface area contributed by atoms with Crippen LogP contribution in [-0.4, -0.2) is 24.9 Å².